The van der Waals surface area contributed by atoms with Crippen LogP contribution in [-0.2, 0) is 4.79 Å². The predicted molar refractivity (Wildman–Crippen MR) is 56.8 cm³/mol. The Morgan fingerprint density at radius 2 is 2.29 bits per heavy atom. The van der Waals surface area contributed by atoms with Gasteiger partial charge in [-0.3, -0.25) is 4.79 Å². The molecule has 0 aliphatic rings. The number of thioether (sulfide) groups is 1. The smallest absolute Gasteiger partial charge is 0.319 e. The van der Waals surface area contributed by atoms with Crippen LogP contribution in [0.1, 0.15) is 13.8 Å². The van der Waals surface area contributed by atoms with Gasteiger partial charge >= 0.3 is 5.97 Å². The van der Waals surface area contributed by atoms with Crippen LogP contribution in [0.4, 0.5) is 0 Å². The third-order valence-electron chi connectivity index (χ3n) is 1.59. The molecule has 1 aromatic rings. The summed E-state index contributed by atoms with van der Waals surface area (Å²) in [6, 6.07) is 3.40. The molecule has 0 aromatic carbocycles. The van der Waals surface area contributed by atoms with Crippen LogP contribution >= 0.6 is 23.4 Å². The van der Waals surface area contributed by atoms with Crippen molar-refractivity contribution in [2.75, 3.05) is 0 Å². The van der Waals surface area contributed by atoms with Crippen molar-refractivity contribution in [2.45, 2.75) is 23.6 Å². The number of aromatic nitrogens is 1. The summed E-state index contributed by atoms with van der Waals surface area (Å²) in [5, 5.41) is 9.92. The molecule has 76 valence electrons. The van der Waals surface area contributed by atoms with Gasteiger partial charge in [0.1, 0.15) is 9.77 Å². The number of aliphatic carboxylic acids is 1. The second-order valence-corrected chi connectivity index (χ2v) is 5.23. The maximum atomic E-state index is 10.8. The maximum absolute atomic E-state index is 10.8. The number of carbonyl (C=O) groups is 1. The van der Waals surface area contributed by atoms with Crippen LogP contribution in [0.3, 0.4) is 0 Å². The largest absolute Gasteiger partial charge is 0.480 e. The number of halogens is 1. The van der Waals surface area contributed by atoms with Gasteiger partial charge in [-0.1, -0.05) is 23.4 Å². The zero-order chi connectivity index (χ0) is 10.8. The molecule has 0 aliphatic carbocycles. The van der Waals surface area contributed by atoms with E-state index in [0.29, 0.717) is 10.0 Å². The van der Waals surface area contributed by atoms with E-state index in [0.717, 1.165) is 11.8 Å². The Morgan fingerprint density at radius 1 is 1.64 bits per heavy atom. The minimum atomic E-state index is -0.919. The van der Waals surface area contributed by atoms with E-state index in [2.05, 4.69) is 4.98 Å². The fourth-order valence-corrected chi connectivity index (χ4v) is 1.82. The monoisotopic (exact) mass is 231 g/mol. The molecule has 0 radical (unpaired) electrons. The van der Waals surface area contributed by atoms with Gasteiger partial charge in [-0.25, -0.2) is 4.98 Å². The van der Waals surface area contributed by atoms with E-state index in [1.165, 1.54) is 0 Å². The molecule has 14 heavy (non-hydrogen) atoms. The standard InChI is InChI=1S/C9H10ClNO2S/c1-9(2,8(12)13)14-7-6(10)4-3-5-11-7/h3-5H,1-2H3,(H,12,13). The van der Waals surface area contributed by atoms with Crippen molar-refractivity contribution >= 4 is 29.3 Å². The van der Waals surface area contributed by atoms with Crippen LogP contribution in [0.25, 0.3) is 0 Å². The average Bonchev–Trinajstić information content (AvgIpc) is 2.08. The van der Waals surface area contributed by atoms with Gasteiger partial charge in [0.15, 0.2) is 0 Å². The van der Waals surface area contributed by atoms with Crippen LogP contribution < -0.4 is 0 Å². The Bertz CT molecular complexity index is 354. The molecule has 0 saturated heterocycles. The average molecular weight is 232 g/mol. The lowest BCUT2D eigenvalue weighted by atomic mass is 10.2. The predicted octanol–water partition coefficient (Wildman–Crippen LogP) is 2.69. The van der Waals surface area contributed by atoms with E-state index in [-0.39, 0.29) is 0 Å². The summed E-state index contributed by atoms with van der Waals surface area (Å²) in [6.45, 7) is 3.23. The van der Waals surface area contributed by atoms with Crippen LogP contribution in [0, 0.1) is 0 Å². The second kappa shape index (κ2) is 4.19. The summed E-state index contributed by atoms with van der Waals surface area (Å²) in [5.74, 6) is -0.885. The van der Waals surface area contributed by atoms with E-state index in [1.54, 1.807) is 32.2 Å². The molecule has 0 atom stereocenters. The Kier molecular flexibility index (Phi) is 3.39. The van der Waals surface area contributed by atoms with E-state index in [9.17, 15) is 4.79 Å². The van der Waals surface area contributed by atoms with Gasteiger partial charge < -0.3 is 5.11 Å². The minimum absolute atomic E-state index is 0.479. The number of carboxylic acid groups (broad SMARTS) is 1. The highest BCUT2D eigenvalue weighted by molar-refractivity contribution is 8.01. The molecule has 0 amide bonds. The fourth-order valence-electron chi connectivity index (χ4n) is 0.732. The van der Waals surface area contributed by atoms with E-state index < -0.39 is 10.7 Å². The third kappa shape index (κ3) is 2.62. The summed E-state index contributed by atoms with van der Waals surface area (Å²) in [6.07, 6.45) is 1.59. The van der Waals surface area contributed by atoms with E-state index in [1.807, 2.05) is 0 Å². The molecule has 1 heterocycles. The van der Waals surface area contributed by atoms with Crippen LogP contribution in [0.2, 0.25) is 5.02 Å². The van der Waals surface area contributed by atoms with E-state index >= 15 is 0 Å². The Balaban J connectivity index is 2.89. The van der Waals surface area contributed by atoms with Gasteiger partial charge in [0, 0.05) is 6.20 Å². The highest BCUT2D eigenvalue weighted by Gasteiger charge is 2.29. The number of carboxylic acids is 1. The van der Waals surface area contributed by atoms with Crippen LogP contribution in [-0.4, -0.2) is 20.8 Å². The summed E-state index contributed by atoms with van der Waals surface area (Å²) < 4.78 is -0.919. The van der Waals surface area contributed by atoms with Crippen molar-refractivity contribution in [3.8, 4) is 0 Å². The molecule has 3 nitrogen and oxygen atoms in total. The van der Waals surface area contributed by atoms with Gasteiger partial charge in [-0.05, 0) is 26.0 Å². The normalized spacial score (nSPS) is 11.4. The molecule has 0 saturated carbocycles. The van der Waals surface area contributed by atoms with Gasteiger partial charge in [0.25, 0.3) is 0 Å². The van der Waals surface area contributed by atoms with Crippen molar-refractivity contribution in [2.24, 2.45) is 0 Å². The third-order valence-corrected chi connectivity index (χ3v) is 3.21. The molecule has 0 unspecified atom stereocenters. The molecule has 1 rings (SSSR count). The number of rotatable bonds is 3. The maximum Gasteiger partial charge on any atom is 0.319 e. The zero-order valence-electron chi connectivity index (χ0n) is 7.82. The first-order valence-corrected chi connectivity index (χ1v) is 5.16. The van der Waals surface area contributed by atoms with Gasteiger partial charge in [-0.15, -0.1) is 0 Å². The molecular formula is C9H10ClNO2S. The molecule has 0 spiro atoms. The van der Waals surface area contributed by atoms with Crippen molar-refractivity contribution in [1.82, 2.24) is 4.98 Å². The highest BCUT2D eigenvalue weighted by atomic mass is 35.5. The Hall–Kier alpha value is -0.740. The van der Waals surface area contributed by atoms with Crippen molar-refractivity contribution in [1.29, 1.82) is 0 Å². The lowest BCUT2D eigenvalue weighted by molar-refractivity contribution is -0.138. The number of hydrogen-bond acceptors (Lipinski definition) is 3. The topological polar surface area (TPSA) is 50.2 Å². The van der Waals surface area contributed by atoms with Gasteiger partial charge in [-0.2, -0.15) is 0 Å². The minimum Gasteiger partial charge on any atom is -0.480 e. The van der Waals surface area contributed by atoms with E-state index in [4.69, 9.17) is 16.7 Å². The molecule has 0 aliphatic heterocycles. The van der Waals surface area contributed by atoms with Crippen molar-refractivity contribution in [3.05, 3.63) is 23.4 Å². The van der Waals surface area contributed by atoms with Crippen molar-refractivity contribution < 1.29 is 9.90 Å². The molecule has 0 bridgehead atoms. The quantitative estimate of drug-likeness (QED) is 0.813. The Morgan fingerprint density at radius 3 is 2.79 bits per heavy atom. The van der Waals surface area contributed by atoms with Gasteiger partial charge in [0.2, 0.25) is 0 Å². The number of hydrogen-bond donors (Lipinski definition) is 1. The molecule has 5 heteroatoms. The number of nitrogens with zero attached hydrogens (tertiary/aromatic N) is 1. The van der Waals surface area contributed by atoms with Crippen LogP contribution in [0.5, 0.6) is 0 Å². The Labute approximate surface area is 91.5 Å². The first-order chi connectivity index (χ1) is 6.43. The molecular weight excluding hydrogens is 222 g/mol. The van der Waals surface area contributed by atoms with Crippen molar-refractivity contribution in [3.63, 3.8) is 0 Å². The lowest BCUT2D eigenvalue weighted by Gasteiger charge is -2.17. The van der Waals surface area contributed by atoms with Gasteiger partial charge in [0.05, 0.1) is 5.02 Å². The summed E-state index contributed by atoms with van der Waals surface area (Å²) >= 11 is 7.00. The summed E-state index contributed by atoms with van der Waals surface area (Å²) in [5.41, 5.74) is 0. The van der Waals surface area contributed by atoms with Crippen LogP contribution in [0.15, 0.2) is 23.4 Å². The fraction of sp³-hybridized carbons (Fsp3) is 0.333. The number of pyridine rings is 1. The summed E-state index contributed by atoms with van der Waals surface area (Å²) in [7, 11) is 0. The summed E-state index contributed by atoms with van der Waals surface area (Å²) in [4.78, 5) is 14.9. The SMILES string of the molecule is CC(C)(Sc1ncccc1Cl)C(=O)O. The zero-order valence-corrected chi connectivity index (χ0v) is 9.39. The second-order valence-electron chi connectivity index (χ2n) is 3.21. The lowest BCUT2D eigenvalue weighted by Crippen LogP contribution is -2.27. The molecule has 0 fully saturated rings. The molecule has 1 N–H and O–H groups in total. The highest BCUT2D eigenvalue weighted by Crippen LogP contribution is 2.34. The molecule has 1 aromatic heterocycles. The first kappa shape index (κ1) is 11.3. The first-order valence-electron chi connectivity index (χ1n) is 3.96.